The molecule has 29 heavy (non-hydrogen) atoms. The molecule has 0 atom stereocenters. The van der Waals surface area contributed by atoms with Crippen LogP contribution < -0.4 is 0 Å². The first-order valence-electron chi connectivity index (χ1n) is 13.8. The van der Waals surface area contributed by atoms with Crippen molar-refractivity contribution < 1.29 is 8.97 Å². The predicted octanol–water partition coefficient (Wildman–Crippen LogP) is 7.81. The van der Waals surface area contributed by atoms with E-state index in [9.17, 15) is 0 Å². The first kappa shape index (κ1) is 28.9. The highest BCUT2D eigenvalue weighted by atomic mass is 15.4. The van der Waals surface area contributed by atoms with Crippen LogP contribution in [-0.2, 0) is 0 Å². The van der Waals surface area contributed by atoms with Crippen molar-refractivity contribution in [3.8, 4) is 0 Å². The van der Waals surface area contributed by atoms with Gasteiger partial charge in [0.1, 0.15) is 0 Å². The zero-order valence-electron chi connectivity index (χ0n) is 21.7. The van der Waals surface area contributed by atoms with Crippen LogP contribution in [0.2, 0.25) is 0 Å². The molecule has 0 aliphatic rings. The molecule has 0 amide bonds. The second-order valence-corrected chi connectivity index (χ2v) is 9.95. The Morgan fingerprint density at radius 2 is 0.448 bits per heavy atom. The van der Waals surface area contributed by atoms with Gasteiger partial charge in [-0.15, -0.1) is 0 Å². The largest absolute Gasteiger partial charge is 0.323 e. The lowest BCUT2D eigenvalue weighted by molar-refractivity contribution is -0.946. The molecule has 0 saturated heterocycles. The molecular formula is C27H60N2+2. The van der Waals surface area contributed by atoms with Gasteiger partial charge in [0.05, 0.1) is 52.4 Å². The first-order chi connectivity index (χ1) is 14.1. The molecule has 0 aromatic carbocycles. The van der Waals surface area contributed by atoms with Crippen LogP contribution in [0, 0.1) is 0 Å². The second kappa shape index (κ2) is 18.7. The zero-order chi connectivity index (χ0) is 21.8. The van der Waals surface area contributed by atoms with Gasteiger partial charge in [0, 0.05) is 6.42 Å². The number of quaternary nitrogens is 2. The Hall–Kier alpha value is -0.0800. The minimum atomic E-state index is 1.35. The second-order valence-electron chi connectivity index (χ2n) is 9.95. The number of hydrogen-bond acceptors (Lipinski definition) is 0. The van der Waals surface area contributed by atoms with Gasteiger partial charge in [-0.25, -0.2) is 0 Å². The van der Waals surface area contributed by atoms with E-state index in [-0.39, 0.29) is 0 Å². The van der Waals surface area contributed by atoms with Crippen molar-refractivity contribution in [1.82, 2.24) is 0 Å². The van der Waals surface area contributed by atoms with Gasteiger partial charge in [0.15, 0.2) is 0 Å². The van der Waals surface area contributed by atoms with Crippen molar-refractivity contribution in [3.05, 3.63) is 0 Å². The fourth-order valence-electron chi connectivity index (χ4n) is 5.04. The van der Waals surface area contributed by atoms with Crippen molar-refractivity contribution >= 4 is 0 Å². The fraction of sp³-hybridized carbons (Fsp3) is 1.00. The molecule has 0 spiro atoms. The van der Waals surface area contributed by atoms with Crippen LogP contribution in [0.1, 0.15) is 125 Å². The van der Waals surface area contributed by atoms with E-state index in [1.54, 1.807) is 0 Å². The van der Waals surface area contributed by atoms with Gasteiger partial charge < -0.3 is 8.97 Å². The summed E-state index contributed by atoms with van der Waals surface area (Å²) in [6, 6.07) is 0. The number of unbranched alkanes of at least 4 members (excludes halogenated alkanes) is 6. The van der Waals surface area contributed by atoms with Crippen LogP contribution in [-0.4, -0.2) is 61.3 Å². The van der Waals surface area contributed by atoms with E-state index in [0.29, 0.717) is 0 Å². The first-order valence-corrected chi connectivity index (χ1v) is 13.8. The highest BCUT2D eigenvalue weighted by Crippen LogP contribution is 2.20. The highest BCUT2D eigenvalue weighted by Gasteiger charge is 2.30. The van der Waals surface area contributed by atoms with Crippen molar-refractivity contribution in [2.24, 2.45) is 0 Å². The maximum absolute atomic E-state index is 2.37. The van der Waals surface area contributed by atoms with E-state index < -0.39 is 0 Å². The zero-order valence-corrected chi connectivity index (χ0v) is 21.7. The lowest BCUT2D eigenvalue weighted by Crippen LogP contribution is -2.54. The molecule has 0 aromatic rings. The molecule has 0 aromatic heterocycles. The summed E-state index contributed by atoms with van der Waals surface area (Å²) in [6.45, 7) is 25.7. The van der Waals surface area contributed by atoms with E-state index in [2.05, 4.69) is 41.5 Å². The highest BCUT2D eigenvalue weighted by molar-refractivity contribution is 4.53. The fourth-order valence-corrected chi connectivity index (χ4v) is 5.04. The van der Waals surface area contributed by atoms with E-state index in [1.807, 2.05) is 0 Å². The summed E-state index contributed by atoms with van der Waals surface area (Å²) in [6.07, 6.45) is 18.0. The Balaban J connectivity index is 5.21. The number of nitrogens with zero attached hydrogens (tertiary/aromatic N) is 2. The summed E-state index contributed by atoms with van der Waals surface area (Å²) in [5.41, 5.74) is 0. The van der Waals surface area contributed by atoms with Crippen molar-refractivity contribution in [2.45, 2.75) is 125 Å². The summed E-state index contributed by atoms with van der Waals surface area (Å²) in [5, 5.41) is 0. The van der Waals surface area contributed by atoms with Gasteiger partial charge in [-0.2, -0.15) is 0 Å². The molecule has 0 saturated carbocycles. The van der Waals surface area contributed by atoms with Crippen LogP contribution in [0.5, 0.6) is 0 Å². The Bertz CT molecular complexity index is 264. The Morgan fingerprint density at radius 1 is 0.276 bits per heavy atom. The van der Waals surface area contributed by atoms with Crippen molar-refractivity contribution in [1.29, 1.82) is 0 Å². The third-order valence-electron chi connectivity index (χ3n) is 7.18. The van der Waals surface area contributed by atoms with Gasteiger partial charge in [0.2, 0.25) is 0 Å². The quantitative estimate of drug-likeness (QED) is 0.159. The number of hydrogen-bond donors (Lipinski definition) is 0. The standard InChI is InChI=1S/C27H60N2/c1-7-13-20-28(21-14-8-2,22-15-9-3)26-19-27-29(23-16-10-4,24-17-11-5)25-18-12-6/h7-27H2,1-6H3/q+2. The van der Waals surface area contributed by atoms with E-state index in [4.69, 9.17) is 0 Å². The molecule has 2 heteroatoms. The predicted molar refractivity (Wildman–Crippen MR) is 134 cm³/mol. The summed E-state index contributed by atoms with van der Waals surface area (Å²) < 4.78 is 2.84. The maximum atomic E-state index is 2.37. The molecule has 0 fully saturated rings. The van der Waals surface area contributed by atoms with Crippen molar-refractivity contribution in [2.75, 3.05) is 52.4 Å². The van der Waals surface area contributed by atoms with Crippen LogP contribution in [0.25, 0.3) is 0 Å². The van der Waals surface area contributed by atoms with Gasteiger partial charge in [-0.3, -0.25) is 0 Å². The Labute approximate surface area is 186 Å². The molecule has 0 aliphatic heterocycles. The van der Waals surface area contributed by atoms with Crippen LogP contribution in [0.15, 0.2) is 0 Å². The minimum Gasteiger partial charge on any atom is -0.323 e. The van der Waals surface area contributed by atoms with Crippen LogP contribution in [0.3, 0.4) is 0 Å². The normalized spacial score (nSPS) is 12.6. The molecule has 0 radical (unpaired) electrons. The van der Waals surface area contributed by atoms with E-state index >= 15 is 0 Å². The smallest absolute Gasteiger partial charge is 0.0841 e. The molecule has 0 aliphatic carbocycles. The monoisotopic (exact) mass is 412 g/mol. The number of rotatable bonds is 22. The summed E-state index contributed by atoms with van der Waals surface area (Å²) >= 11 is 0. The van der Waals surface area contributed by atoms with Gasteiger partial charge in [-0.05, 0) is 38.5 Å². The average molecular weight is 413 g/mol. The van der Waals surface area contributed by atoms with Crippen molar-refractivity contribution in [3.63, 3.8) is 0 Å². The third-order valence-corrected chi connectivity index (χ3v) is 7.18. The van der Waals surface area contributed by atoms with Gasteiger partial charge in [-0.1, -0.05) is 80.1 Å². The molecule has 0 unspecified atom stereocenters. The maximum Gasteiger partial charge on any atom is 0.0841 e. The summed E-state index contributed by atoms with van der Waals surface area (Å²) in [4.78, 5) is 0. The minimum absolute atomic E-state index is 1.35. The molecule has 0 rings (SSSR count). The average Bonchev–Trinajstić information content (AvgIpc) is 2.75. The Morgan fingerprint density at radius 3 is 0.621 bits per heavy atom. The van der Waals surface area contributed by atoms with E-state index in [0.717, 1.165) is 0 Å². The van der Waals surface area contributed by atoms with Crippen LogP contribution >= 0.6 is 0 Å². The molecule has 2 nitrogen and oxygen atoms in total. The SMILES string of the molecule is CCCC[N+](CCCC)(CCCC)CCC[N+](CCCC)(CCCC)CCCC. The molecule has 0 heterocycles. The van der Waals surface area contributed by atoms with Gasteiger partial charge >= 0.3 is 0 Å². The topological polar surface area (TPSA) is 0 Å². The third kappa shape index (κ3) is 13.0. The van der Waals surface area contributed by atoms with E-state index in [1.165, 1.54) is 145 Å². The summed E-state index contributed by atoms with van der Waals surface area (Å²) in [7, 11) is 0. The lowest BCUT2D eigenvalue weighted by atomic mass is 10.1. The molecule has 176 valence electrons. The molecular weight excluding hydrogens is 352 g/mol. The Kier molecular flexibility index (Phi) is 18.6. The molecule has 0 bridgehead atoms. The molecule has 0 N–H and O–H groups in total. The lowest BCUT2D eigenvalue weighted by Gasteiger charge is -2.42. The van der Waals surface area contributed by atoms with Gasteiger partial charge in [0.25, 0.3) is 0 Å². The van der Waals surface area contributed by atoms with Crippen LogP contribution in [0.4, 0.5) is 0 Å². The summed E-state index contributed by atoms with van der Waals surface area (Å²) in [5.74, 6) is 0.